The fraction of sp³-hybridized carbons (Fsp3) is 0.704. The maximum absolute atomic E-state index is 13.6. The molecule has 0 radical (unpaired) electrons. The molecule has 1 aromatic rings. The van der Waals surface area contributed by atoms with Crippen LogP contribution in [0.5, 0.6) is 11.5 Å². The summed E-state index contributed by atoms with van der Waals surface area (Å²) in [5.74, 6) is 1.28. The molecule has 2 saturated heterocycles. The molecule has 0 aliphatic carbocycles. The van der Waals surface area contributed by atoms with E-state index >= 15 is 0 Å². The maximum Gasteiger partial charge on any atom is 0.254 e. The number of methoxy groups -OCH3 is 2. The van der Waals surface area contributed by atoms with E-state index in [1.807, 2.05) is 18.7 Å². The molecule has 2 aliphatic heterocycles. The summed E-state index contributed by atoms with van der Waals surface area (Å²) >= 11 is 0. The van der Waals surface area contributed by atoms with Gasteiger partial charge >= 0.3 is 0 Å². The number of nitrogens with one attached hydrogen (secondary N) is 3. The van der Waals surface area contributed by atoms with Gasteiger partial charge < -0.3 is 39.8 Å². The maximum atomic E-state index is 13.6. The van der Waals surface area contributed by atoms with E-state index in [4.69, 9.17) is 18.9 Å². The Balaban J connectivity index is 1.59. The second-order valence-corrected chi connectivity index (χ2v) is 9.97. The van der Waals surface area contributed by atoms with Crippen molar-refractivity contribution in [2.45, 2.75) is 51.2 Å². The zero-order chi connectivity index (χ0) is 26.6. The van der Waals surface area contributed by atoms with Gasteiger partial charge in [-0.3, -0.25) is 9.59 Å². The second kappa shape index (κ2) is 15.1. The molecule has 0 unspecified atom stereocenters. The van der Waals surface area contributed by atoms with Gasteiger partial charge in [0.1, 0.15) is 0 Å². The van der Waals surface area contributed by atoms with Gasteiger partial charge in [0.25, 0.3) is 5.91 Å². The molecule has 0 bridgehead atoms. The van der Waals surface area contributed by atoms with Gasteiger partial charge in [-0.2, -0.15) is 0 Å². The highest BCUT2D eigenvalue weighted by atomic mass is 16.5. The van der Waals surface area contributed by atoms with E-state index in [1.165, 1.54) is 0 Å². The molecule has 10 nitrogen and oxygen atoms in total. The first-order valence-electron chi connectivity index (χ1n) is 13.3. The van der Waals surface area contributed by atoms with Gasteiger partial charge in [0.15, 0.2) is 11.5 Å². The Morgan fingerprint density at radius 2 is 1.92 bits per heavy atom. The van der Waals surface area contributed by atoms with Crippen LogP contribution in [0.3, 0.4) is 0 Å². The van der Waals surface area contributed by atoms with E-state index in [-0.39, 0.29) is 42.4 Å². The molecule has 10 heteroatoms. The van der Waals surface area contributed by atoms with Gasteiger partial charge in [-0.05, 0) is 44.9 Å². The molecule has 3 rings (SSSR count). The number of rotatable bonds is 14. The van der Waals surface area contributed by atoms with Crippen LogP contribution >= 0.6 is 0 Å². The molecule has 2 amide bonds. The van der Waals surface area contributed by atoms with Crippen LogP contribution < -0.4 is 25.4 Å². The van der Waals surface area contributed by atoms with Gasteiger partial charge in [-0.15, -0.1) is 0 Å². The topological polar surface area (TPSA) is 110 Å². The van der Waals surface area contributed by atoms with Gasteiger partial charge in [-0.25, -0.2) is 0 Å². The summed E-state index contributed by atoms with van der Waals surface area (Å²) in [5.41, 5.74) is 0.558. The van der Waals surface area contributed by atoms with Crippen molar-refractivity contribution in [2.24, 2.45) is 5.92 Å². The summed E-state index contributed by atoms with van der Waals surface area (Å²) < 4.78 is 21.8. The molecule has 0 spiro atoms. The number of ether oxygens (including phenoxy) is 4. The smallest absolute Gasteiger partial charge is 0.254 e. The van der Waals surface area contributed by atoms with Crippen LogP contribution in [0.1, 0.15) is 43.5 Å². The molecule has 0 aromatic heterocycles. The van der Waals surface area contributed by atoms with E-state index in [1.54, 1.807) is 32.4 Å². The lowest BCUT2D eigenvalue weighted by atomic mass is 10.0. The molecular weight excluding hydrogens is 476 g/mol. The molecule has 1 aromatic carbocycles. The van der Waals surface area contributed by atoms with Gasteiger partial charge in [0.2, 0.25) is 5.91 Å². The Bertz CT molecular complexity index is 861. The third kappa shape index (κ3) is 8.84. The lowest BCUT2D eigenvalue weighted by Gasteiger charge is -2.32. The zero-order valence-corrected chi connectivity index (χ0v) is 22.7. The molecule has 208 valence electrons. The highest BCUT2D eigenvalue weighted by molar-refractivity contribution is 5.95. The lowest BCUT2D eigenvalue weighted by molar-refractivity contribution is -0.121. The van der Waals surface area contributed by atoms with Crippen molar-refractivity contribution in [1.82, 2.24) is 20.9 Å². The summed E-state index contributed by atoms with van der Waals surface area (Å²) in [6.45, 7) is 8.90. The minimum absolute atomic E-state index is 0.00519. The number of carbonyl (C=O) groups excluding carboxylic acids is 2. The molecule has 37 heavy (non-hydrogen) atoms. The number of hydrogen-bond donors (Lipinski definition) is 3. The Kier molecular flexibility index (Phi) is 11.9. The predicted molar refractivity (Wildman–Crippen MR) is 141 cm³/mol. The monoisotopic (exact) mass is 520 g/mol. The van der Waals surface area contributed by atoms with Crippen molar-refractivity contribution in [3.63, 3.8) is 0 Å². The Morgan fingerprint density at radius 1 is 1.14 bits per heavy atom. The Hall–Kier alpha value is -2.40. The quantitative estimate of drug-likeness (QED) is 0.316. The summed E-state index contributed by atoms with van der Waals surface area (Å²) in [4.78, 5) is 28.0. The standard InChI is InChI=1S/C27H44N4O6/c1-19(2)31(27(33)20-6-7-24(35-4)25(14-20)37-11-5-10-34-3)18-21-15-28-16-23(21)29-17-26(32)30-22-8-12-36-13-9-22/h6-7,14,19,21-23,28-29H,5,8-13,15-18H2,1-4H3,(H,30,32)/t21-,23+/m0/s1. The molecule has 2 atom stereocenters. The molecule has 2 aliphatic rings. The number of nitrogens with zero attached hydrogens (tertiary/aromatic N) is 1. The van der Waals surface area contributed by atoms with Crippen molar-refractivity contribution in [2.75, 3.05) is 66.8 Å². The van der Waals surface area contributed by atoms with Crippen molar-refractivity contribution in [1.29, 1.82) is 0 Å². The van der Waals surface area contributed by atoms with Crippen LogP contribution in [-0.2, 0) is 14.3 Å². The van der Waals surface area contributed by atoms with E-state index in [0.717, 1.165) is 32.4 Å². The minimum atomic E-state index is -0.0534. The summed E-state index contributed by atoms with van der Waals surface area (Å²) in [7, 11) is 3.24. The number of carbonyl (C=O) groups is 2. The third-order valence-corrected chi connectivity index (χ3v) is 6.93. The summed E-state index contributed by atoms with van der Waals surface area (Å²) in [5, 5.41) is 9.92. The van der Waals surface area contributed by atoms with Crippen LogP contribution in [0.15, 0.2) is 18.2 Å². The lowest BCUT2D eigenvalue weighted by Crippen LogP contribution is -2.49. The summed E-state index contributed by atoms with van der Waals surface area (Å²) in [6, 6.07) is 5.61. The molecular formula is C27H44N4O6. The number of amides is 2. The van der Waals surface area contributed by atoms with Crippen LogP contribution in [0.4, 0.5) is 0 Å². The third-order valence-electron chi connectivity index (χ3n) is 6.93. The van der Waals surface area contributed by atoms with Crippen LogP contribution in [-0.4, -0.2) is 102 Å². The second-order valence-electron chi connectivity index (χ2n) is 9.97. The fourth-order valence-electron chi connectivity index (χ4n) is 4.76. The average molecular weight is 521 g/mol. The molecule has 2 fully saturated rings. The van der Waals surface area contributed by atoms with Crippen LogP contribution in [0.25, 0.3) is 0 Å². The molecule has 3 N–H and O–H groups in total. The van der Waals surface area contributed by atoms with E-state index < -0.39 is 0 Å². The Morgan fingerprint density at radius 3 is 2.62 bits per heavy atom. The van der Waals surface area contributed by atoms with Gasteiger partial charge in [0.05, 0.1) is 20.3 Å². The van der Waals surface area contributed by atoms with E-state index in [9.17, 15) is 9.59 Å². The van der Waals surface area contributed by atoms with Crippen molar-refractivity contribution < 1.29 is 28.5 Å². The van der Waals surface area contributed by atoms with Crippen molar-refractivity contribution in [3.05, 3.63) is 23.8 Å². The molecule has 2 heterocycles. The first kappa shape index (κ1) is 29.2. The van der Waals surface area contributed by atoms with E-state index in [2.05, 4.69) is 16.0 Å². The number of benzene rings is 1. The summed E-state index contributed by atoms with van der Waals surface area (Å²) in [6.07, 6.45) is 2.46. The molecule has 0 saturated carbocycles. The Labute approximate surface area is 220 Å². The normalized spacial score (nSPS) is 20.1. The number of hydrogen-bond acceptors (Lipinski definition) is 8. The van der Waals surface area contributed by atoms with Crippen molar-refractivity contribution in [3.8, 4) is 11.5 Å². The highest BCUT2D eigenvalue weighted by Gasteiger charge is 2.32. The van der Waals surface area contributed by atoms with Crippen molar-refractivity contribution >= 4 is 11.8 Å². The predicted octanol–water partition coefficient (Wildman–Crippen LogP) is 1.43. The van der Waals surface area contributed by atoms with E-state index in [0.29, 0.717) is 50.0 Å². The average Bonchev–Trinajstić information content (AvgIpc) is 3.35. The zero-order valence-electron chi connectivity index (χ0n) is 22.7. The largest absolute Gasteiger partial charge is 0.493 e. The van der Waals surface area contributed by atoms with Gasteiger partial charge in [-0.1, -0.05) is 0 Å². The first-order chi connectivity index (χ1) is 17.9. The SMILES string of the molecule is COCCCOc1cc(C(=O)N(C[C@@H]2CNC[C@H]2NCC(=O)NC2CCOCC2)C(C)C)ccc1OC. The van der Waals surface area contributed by atoms with Crippen LogP contribution in [0, 0.1) is 5.92 Å². The minimum Gasteiger partial charge on any atom is -0.493 e. The highest BCUT2D eigenvalue weighted by Crippen LogP contribution is 2.29. The fourth-order valence-corrected chi connectivity index (χ4v) is 4.76. The first-order valence-corrected chi connectivity index (χ1v) is 13.3. The van der Waals surface area contributed by atoms with Crippen LogP contribution in [0.2, 0.25) is 0 Å². The van der Waals surface area contributed by atoms with Gasteiger partial charge in [0, 0.05) is 82.6 Å².